The molecule has 2 unspecified atom stereocenters. The van der Waals surface area contributed by atoms with Gasteiger partial charge in [-0.25, -0.2) is 8.42 Å². The van der Waals surface area contributed by atoms with Crippen LogP contribution in [0.15, 0.2) is 29.2 Å². The Labute approximate surface area is 132 Å². The Morgan fingerprint density at radius 3 is 2.05 bits per heavy atom. The highest BCUT2D eigenvalue weighted by atomic mass is 35.5. The van der Waals surface area contributed by atoms with Crippen molar-refractivity contribution in [2.75, 3.05) is 19.3 Å². The molecular weight excluding hydrogens is 312 g/mol. The van der Waals surface area contributed by atoms with E-state index in [1.165, 1.54) is 12.1 Å². The lowest BCUT2D eigenvalue weighted by Gasteiger charge is -2.36. The molecule has 21 heavy (non-hydrogen) atoms. The van der Waals surface area contributed by atoms with Crippen LogP contribution in [0.1, 0.15) is 24.2 Å². The van der Waals surface area contributed by atoms with E-state index < -0.39 is 9.84 Å². The summed E-state index contributed by atoms with van der Waals surface area (Å²) in [4.78, 5) is 14.4. The number of carbonyl (C=O) groups is 1. The van der Waals surface area contributed by atoms with E-state index in [1.807, 2.05) is 13.8 Å². The summed E-state index contributed by atoms with van der Waals surface area (Å²) in [5.41, 5.74) is 0.527. The van der Waals surface area contributed by atoms with Crippen molar-refractivity contribution in [3.8, 4) is 0 Å². The lowest BCUT2D eigenvalue weighted by Crippen LogP contribution is -2.55. The maximum atomic E-state index is 12.4. The van der Waals surface area contributed by atoms with E-state index in [1.54, 1.807) is 17.0 Å². The molecule has 2 rings (SSSR count). The van der Waals surface area contributed by atoms with Crippen molar-refractivity contribution in [1.82, 2.24) is 10.2 Å². The average Bonchev–Trinajstić information content (AvgIpc) is 2.36. The number of rotatable bonds is 2. The number of hydrogen-bond donors (Lipinski definition) is 1. The van der Waals surface area contributed by atoms with Gasteiger partial charge >= 0.3 is 0 Å². The number of piperazine rings is 1. The molecule has 1 aliphatic rings. The van der Waals surface area contributed by atoms with Crippen LogP contribution in [0, 0.1) is 0 Å². The average molecular weight is 333 g/mol. The van der Waals surface area contributed by atoms with Crippen LogP contribution >= 0.6 is 12.4 Å². The third-order valence-corrected chi connectivity index (χ3v) is 4.50. The summed E-state index contributed by atoms with van der Waals surface area (Å²) in [6.07, 6.45) is 1.16. The van der Waals surface area contributed by atoms with Crippen LogP contribution in [0.5, 0.6) is 0 Å². The predicted molar refractivity (Wildman–Crippen MR) is 84.8 cm³/mol. The molecule has 7 heteroatoms. The van der Waals surface area contributed by atoms with Gasteiger partial charge in [0.15, 0.2) is 9.84 Å². The molecule has 5 nitrogen and oxygen atoms in total. The monoisotopic (exact) mass is 332 g/mol. The second kappa shape index (κ2) is 6.77. The summed E-state index contributed by atoms with van der Waals surface area (Å²) in [5.74, 6) is -0.0507. The van der Waals surface area contributed by atoms with Crippen molar-refractivity contribution in [3.05, 3.63) is 29.8 Å². The molecule has 1 N–H and O–H groups in total. The molecule has 0 saturated carbocycles. The standard InChI is InChI=1S/C14H20N2O3S.ClH/c1-10-8-16(9-11(2)15-10)14(17)12-4-6-13(7-5-12)20(3,18)19;/h4-7,10-11,15H,8-9H2,1-3H3;1H. The summed E-state index contributed by atoms with van der Waals surface area (Å²) in [5, 5.41) is 3.37. The Hall–Kier alpha value is -1.11. The van der Waals surface area contributed by atoms with Crippen LogP contribution in [0.25, 0.3) is 0 Å². The lowest BCUT2D eigenvalue weighted by atomic mass is 10.1. The van der Waals surface area contributed by atoms with Crippen LogP contribution < -0.4 is 5.32 Å². The number of benzene rings is 1. The Kier molecular flexibility index (Phi) is 5.78. The van der Waals surface area contributed by atoms with E-state index >= 15 is 0 Å². The SMILES string of the molecule is CC1CN(C(=O)c2ccc(S(C)(=O)=O)cc2)CC(C)N1.Cl. The number of sulfone groups is 1. The van der Waals surface area contributed by atoms with Gasteiger partial charge in [-0.05, 0) is 38.1 Å². The fourth-order valence-corrected chi connectivity index (χ4v) is 3.15. The van der Waals surface area contributed by atoms with Gasteiger partial charge in [0.25, 0.3) is 5.91 Å². The van der Waals surface area contributed by atoms with E-state index in [0.717, 1.165) is 6.26 Å². The minimum Gasteiger partial charge on any atom is -0.336 e. The van der Waals surface area contributed by atoms with Crippen molar-refractivity contribution in [3.63, 3.8) is 0 Å². The summed E-state index contributed by atoms with van der Waals surface area (Å²) < 4.78 is 22.8. The first-order valence-corrected chi connectivity index (χ1v) is 8.52. The van der Waals surface area contributed by atoms with Gasteiger partial charge < -0.3 is 10.2 Å². The highest BCUT2D eigenvalue weighted by molar-refractivity contribution is 7.90. The summed E-state index contributed by atoms with van der Waals surface area (Å²) in [7, 11) is -3.22. The summed E-state index contributed by atoms with van der Waals surface area (Å²) in [6.45, 7) is 5.42. The van der Waals surface area contributed by atoms with Crippen LogP contribution in [-0.2, 0) is 9.84 Å². The molecular formula is C14H21ClN2O3S. The zero-order valence-corrected chi connectivity index (χ0v) is 14.0. The molecule has 1 saturated heterocycles. The molecule has 1 heterocycles. The van der Waals surface area contributed by atoms with Crippen LogP contribution in [0.2, 0.25) is 0 Å². The molecule has 1 fully saturated rings. The largest absolute Gasteiger partial charge is 0.336 e. The van der Waals surface area contributed by atoms with Crippen molar-refractivity contribution < 1.29 is 13.2 Å². The van der Waals surface area contributed by atoms with Crippen molar-refractivity contribution in [2.45, 2.75) is 30.8 Å². The zero-order valence-electron chi connectivity index (χ0n) is 12.4. The van der Waals surface area contributed by atoms with Gasteiger partial charge in [0.1, 0.15) is 0 Å². The second-order valence-corrected chi connectivity index (χ2v) is 7.49. The molecule has 1 aromatic rings. The molecule has 1 aliphatic heterocycles. The smallest absolute Gasteiger partial charge is 0.253 e. The molecule has 1 amide bonds. The van der Waals surface area contributed by atoms with Crippen molar-refractivity contribution in [2.24, 2.45) is 0 Å². The van der Waals surface area contributed by atoms with E-state index in [0.29, 0.717) is 18.7 Å². The van der Waals surface area contributed by atoms with E-state index in [4.69, 9.17) is 0 Å². The molecule has 0 aliphatic carbocycles. The van der Waals surface area contributed by atoms with Gasteiger partial charge in [-0.15, -0.1) is 12.4 Å². The number of nitrogens with zero attached hydrogens (tertiary/aromatic N) is 1. The molecule has 1 aromatic carbocycles. The molecule has 0 radical (unpaired) electrons. The summed E-state index contributed by atoms with van der Waals surface area (Å²) in [6, 6.07) is 6.65. The quantitative estimate of drug-likeness (QED) is 0.887. The first-order valence-electron chi connectivity index (χ1n) is 6.63. The van der Waals surface area contributed by atoms with Gasteiger partial charge in [-0.1, -0.05) is 0 Å². The first kappa shape index (κ1) is 17.9. The molecule has 0 aromatic heterocycles. The molecule has 0 spiro atoms. The second-order valence-electron chi connectivity index (χ2n) is 5.48. The minimum atomic E-state index is -3.22. The van der Waals surface area contributed by atoms with Gasteiger partial charge in [-0.2, -0.15) is 0 Å². The maximum absolute atomic E-state index is 12.4. The highest BCUT2D eigenvalue weighted by Crippen LogP contribution is 2.14. The summed E-state index contributed by atoms with van der Waals surface area (Å²) >= 11 is 0. The predicted octanol–water partition coefficient (Wildman–Crippen LogP) is 1.33. The van der Waals surface area contributed by atoms with Crippen molar-refractivity contribution >= 4 is 28.2 Å². The Balaban J connectivity index is 0.00000220. The van der Waals surface area contributed by atoms with E-state index in [2.05, 4.69) is 5.32 Å². The third kappa shape index (κ3) is 4.43. The highest BCUT2D eigenvalue weighted by Gasteiger charge is 2.25. The number of nitrogens with one attached hydrogen (secondary N) is 1. The van der Waals surface area contributed by atoms with Gasteiger partial charge in [0.05, 0.1) is 4.90 Å². The third-order valence-electron chi connectivity index (χ3n) is 3.37. The lowest BCUT2D eigenvalue weighted by molar-refractivity contribution is 0.0673. The number of amides is 1. The Morgan fingerprint density at radius 2 is 1.62 bits per heavy atom. The van der Waals surface area contributed by atoms with Crippen LogP contribution in [-0.4, -0.2) is 50.7 Å². The normalized spacial score (nSPS) is 22.5. The fourth-order valence-electron chi connectivity index (χ4n) is 2.52. The molecule has 0 bridgehead atoms. The fraction of sp³-hybridized carbons (Fsp3) is 0.500. The topological polar surface area (TPSA) is 66.5 Å². The van der Waals surface area contributed by atoms with Gasteiger partial charge in [-0.3, -0.25) is 4.79 Å². The Morgan fingerprint density at radius 1 is 1.14 bits per heavy atom. The Bertz CT molecular complexity index is 591. The van der Waals surface area contributed by atoms with Crippen LogP contribution in [0.3, 0.4) is 0 Å². The van der Waals surface area contributed by atoms with E-state index in [-0.39, 0.29) is 35.3 Å². The zero-order chi connectivity index (χ0) is 14.9. The van der Waals surface area contributed by atoms with Crippen LogP contribution in [0.4, 0.5) is 0 Å². The minimum absolute atomic E-state index is 0. The van der Waals surface area contributed by atoms with Crippen molar-refractivity contribution in [1.29, 1.82) is 0 Å². The molecule has 118 valence electrons. The first-order chi connectivity index (χ1) is 9.27. The number of halogens is 1. The maximum Gasteiger partial charge on any atom is 0.253 e. The van der Waals surface area contributed by atoms with E-state index in [9.17, 15) is 13.2 Å². The molecule has 2 atom stereocenters. The number of hydrogen-bond acceptors (Lipinski definition) is 4. The van der Waals surface area contributed by atoms with Gasteiger partial charge in [0, 0.05) is 37.0 Å². The van der Waals surface area contributed by atoms with Gasteiger partial charge in [0.2, 0.25) is 0 Å². The number of carbonyl (C=O) groups excluding carboxylic acids is 1.